The molecule has 0 heterocycles. The van der Waals surface area contributed by atoms with E-state index in [2.05, 4.69) is 17.6 Å². The van der Waals surface area contributed by atoms with Crippen molar-refractivity contribution in [3.05, 3.63) is 0 Å². The van der Waals surface area contributed by atoms with E-state index in [1.165, 1.54) is 111 Å². The summed E-state index contributed by atoms with van der Waals surface area (Å²) in [5, 5.41) is 24.1. The third-order valence-electron chi connectivity index (χ3n) is 7.84. The van der Waals surface area contributed by atoms with Crippen LogP contribution in [0.5, 0.6) is 0 Å². The Bertz CT molecular complexity index is 741. The number of carbonyl (C=O) groups excluding carboxylic acids is 2. The van der Waals surface area contributed by atoms with Gasteiger partial charge in [-0.25, -0.2) is 9.59 Å². The second kappa shape index (κ2) is 31.6. The molecular weight excluding hydrogens is 597 g/mol. The number of rotatable bonds is 33. The van der Waals surface area contributed by atoms with Crippen LogP contribution in [-0.2, 0) is 19.2 Å². The van der Waals surface area contributed by atoms with E-state index in [-0.39, 0.29) is 11.8 Å². The standard InChI is InChI=1S/C34H64N2O6S2/c1-3-5-7-8-9-10-11-12-13-14-15-16-17-18-19-20-22-24-32(38)36-30(34(41)42)26-28-44-43-27-25-29(33(39)40)35-31(37)23-21-6-4-2/h29-30H,3-28H2,1-2H3,(H,35,37)(H,36,38)(H,39,40)(H,41,42). The first kappa shape index (κ1) is 42.6. The molecule has 0 aromatic carbocycles. The van der Waals surface area contributed by atoms with E-state index < -0.39 is 24.0 Å². The molecule has 4 N–H and O–H groups in total. The topological polar surface area (TPSA) is 133 Å². The Morgan fingerprint density at radius 1 is 0.477 bits per heavy atom. The van der Waals surface area contributed by atoms with Crippen molar-refractivity contribution in [2.45, 2.75) is 180 Å². The summed E-state index contributed by atoms with van der Waals surface area (Å²) in [7, 11) is 2.90. The fraction of sp³-hybridized carbons (Fsp3) is 0.882. The van der Waals surface area contributed by atoms with Gasteiger partial charge in [-0.15, -0.1) is 0 Å². The van der Waals surface area contributed by atoms with Gasteiger partial charge in [0.15, 0.2) is 0 Å². The molecule has 0 aliphatic heterocycles. The molecule has 44 heavy (non-hydrogen) atoms. The monoisotopic (exact) mass is 660 g/mol. The smallest absolute Gasteiger partial charge is 0.326 e. The predicted octanol–water partition coefficient (Wildman–Crippen LogP) is 8.91. The van der Waals surface area contributed by atoms with Gasteiger partial charge in [-0.2, -0.15) is 0 Å². The summed E-state index contributed by atoms with van der Waals surface area (Å²) in [6.07, 6.45) is 25.7. The van der Waals surface area contributed by atoms with Crippen molar-refractivity contribution >= 4 is 45.3 Å². The molecule has 258 valence electrons. The number of unbranched alkanes of at least 4 members (excludes halogenated alkanes) is 18. The van der Waals surface area contributed by atoms with Crippen LogP contribution >= 0.6 is 21.6 Å². The van der Waals surface area contributed by atoms with Gasteiger partial charge in [-0.1, -0.05) is 151 Å². The van der Waals surface area contributed by atoms with E-state index in [0.29, 0.717) is 37.2 Å². The van der Waals surface area contributed by atoms with Crippen LogP contribution in [0.15, 0.2) is 0 Å². The molecule has 0 aliphatic rings. The minimum Gasteiger partial charge on any atom is -0.480 e. The summed E-state index contributed by atoms with van der Waals surface area (Å²) in [5.41, 5.74) is 0. The van der Waals surface area contributed by atoms with Gasteiger partial charge in [0.05, 0.1) is 0 Å². The van der Waals surface area contributed by atoms with Crippen molar-refractivity contribution in [2.75, 3.05) is 11.5 Å². The molecule has 2 unspecified atom stereocenters. The predicted molar refractivity (Wildman–Crippen MR) is 186 cm³/mol. The van der Waals surface area contributed by atoms with Crippen LogP contribution in [0.2, 0.25) is 0 Å². The van der Waals surface area contributed by atoms with Gasteiger partial charge in [0.1, 0.15) is 12.1 Å². The fourth-order valence-corrected chi connectivity index (χ4v) is 7.23. The first-order valence-electron chi connectivity index (χ1n) is 17.6. The normalized spacial score (nSPS) is 12.5. The maximum absolute atomic E-state index is 12.3. The van der Waals surface area contributed by atoms with Gasteiger partial charge in [0.2, 0.25) is 11.8 Å². The van der Waals surface area contributed by atoms with Crippen LogP contribution in [0, 0.1) is 0 Å². The maximum atomic E-state index is 12.3. The highest BCUT2D eigenvalue weighted by molar-refractivity contribution is 8.76. The molecule has 0 fully saturated rings. The first-order chi connectivity index (χ1) is 21.3. The van der Waals surface area contributed by atoms with Crippen LogP contribution in [0.4, 0.5) is 0 Å². The SMILES string of the molecule is CCCCCCCCCCCCCCCCCCCC(=O)NC(CCSSCCC(NC(=O)CCCCC)C(=O)O)C(=O)O. The molecule has 0 saturated heterocycles. The molecule has 0 aromatic rings. The minimum absolute atomic E-state index is 0.213. The van der Waals surface area contributed by atoms with Crippen molar-refractivity contribution in [3.8, 4) is 0 Å². The average Bonchev–Trinajstić information content (AvgIpc) is 2.99. The summed E-state index contributed by atoms with van der Waals surface area (Å²) in [6, 6.07) is -1.84. The van der Waals surface area contributed by atoms with Gasteiger partial charge < -0.3 is 20.8 Å². The van der Waals surface area contributed by atoms with E-state index in [0.717, 1.165) is 38.5 Å². The number of hydrogen-bond donors (Lipinski definition) is 4. The molecule has 0 bridgehead atoms. The zero-order chi connectivity index (χ0) is 32.7. The second-order valence-corrected chi connectivity index (χ2v) is 14.7. The molecule has 2 atom stereocenters. The van der Waals surface area contributed by atoms with Crippen LogP contribution < -0.4 is 10.6 Å². The molecule has 10 heteroatoms. The molecule has 0 aromatic heterocycles. The van der Waals surface area contributed by atoms with Gasteiger partial charge in [0.25, 0.3) is 0 Å². The quantitative estimate of drug-likeness (QED) is 0.0405. The summed E-state index contributed by atoms with van der Waals surface area (Å²) in [5.74, 6) is -1.51. The number of carboxylic acids is 2. The second-order valence-electron chi connectivity index (χ2n) is 12.0. The number of carbonyl (C=O) groups is 4. The summed E-state index contributed by atoms with van der Waals surface area (Å²) < 4.78 is 0. The van der Waals surface area contributed by atoms with Crippen molar-refractivity contribution < 1.29 is 29.4 Å². The molecule has 0 rings (SSSR count). The lowest BCUT2D eigenvalue weighted by Crippen LogP contribution is -2.41. The van der Waals surface area contributed by atoms with Gasteiger partial charge >= 0.3 is 11.9 Å². The highest BCUT2D eigenvalue weighted by Crippen LogP contribution is 2.24. The molecule has 8 nitrogen and oxygen atoms in total. The lowest BCUT2D eigenvalue weighted by molar-refractivity contribution is -0.142. The Labute approximate surface area is 276 Å². The van der Waals surface area contributed by atoms with E-state index >= 15 is 0 Å². The molecule has 0 spiro atoms. The third kappa shape index (κ3) is 28.1. The Balaban J connectivity index is 3.79. The van der Waals surface area contributed by atoms with E-state index in [1.807, 2.05) is 6.92 Å². The molecule has 0 aliphatic carbocycles. The Morgan fingerprint density at radius 3 is 1.07 bits per heavy atom. The number of carboxylic acid groups (broad SMARTS) is 2. The molecular formula is C34H64N2O6S2. The van der Waals surface area contributed by atoms with Gasteiger partial charge in [-0.05, 0) is 25.7 Å². The van der Waals surface area contributed by atoms with E-state index in [4.69, 9.17) is 0 Å². The van der Waals surface area contributed by atoms with Crippen molar-refractivity contribution in [3.63, 3.8) is 0 Å². The van der Waals surface area contributed by atoms with Crippen molar-refractivity contribution in [1.82, 2.24) is 10.6 Å². The number of amides is 2. The largest absolute Gasteiger partial charge is 0.480 e. The Morgan fingerprint density at radius 2 is 0.750 bits per heavy atom. The highest BCUT2D eigenvalue weighted by Gasteiger charge is 2.21. The Hall–Kier alpha value is -1.42. The van der Waals surface area contributed by atoms with Crippen LogP contribution in [0.3, 0.4) is 0 Å². The van der Waals surface area contributed by atoms with E-state index in [9.17, 15) is 29.4 Å². The molecule has 0 saturated carbocycles. The summed E-state index contributed by atoms with van der Waals surface area (Å²) in [4.78, 5) is 47.3. The van der Waals surface area contributed by atoms with Crippen molar-refractivity contribution in [2.24, 2.45) is 0 Å². The van der Waals surface area contributed by atoms with Crippen LogP contribution in [0.25, 0.3) is 0 Å². The maximum Gasteiger partial charge on any atom is 0.326 e. The minimum atomic E-state index is -1.05. The van der Waals surface area contributed by atoms with E-state index in [1.54, 1.807) is 0 Å². The average molecular weight is 661 g/mol. The third-order valence-corrected chi connectivity index (χ3v) is 10.3. The summed E-state index contributed by atoms with van der Waals surface area (Å²) >= 11 is 0. The van der Waals surface area contributed by atoms with Crippen molar-refractivity contribution in [1.29, 1.82) is 0 Å². The van der Waals surface area contributed by atoms with Gasteiger partial charge in [0, 0.05) is 24.3 Å². The Kier molecular flexibility index (Phi) is 30.5. The first-order valence-corrected chi connectivity index (χ1v) is 20.1. The van der Waals surface area contributed by atoms with Crippen LogP contribution in [-0.4, -0.2) is 57.6 Å². The zero-order valence-electron chi connectivity index (χ0n) is 27.9. The van der Waals surface area contributed by atoms with Crippen LogP contribution in [0.1, 0.15) is 168 Å². The molecule has 0 radical (unpaired) electrons. The number of aliphatic carboxylic acids is 2. The zero-order valence-corrected chi connectivity index (χ0v) is 29.5. The fourth-order valence-electron chi connectivity index (χ4n) is 5.04. The lowest BCUT2D eigenvalue weighted by Gasteiger charge is -2.15. The van der Waals surface area contributed by atoms with Gasteiger partial charge in [-0.3, -0.25) is 9.59 Å². The summed E-state index contributed by atoms with van der Waals surface area (Å²) in [6.45, 7) is 4.31. The lowest BCUT2D eigenvalue weighted by atomic mass is 10.0. The highest BCUT2D eigenvalue weighted by atomic mass is 33.1. The number of nitrogens with one attached hydrogen (secondary N) is 2. The number of hydrogen-bond acceptors (Lipinski definition) is 6. The molecule has 2 amide bonds.